The minimum absolute atomic E-state index is 0.556. The van der Waals surface area contributed by atoms with Crippen molar-refractivity contribution in [1.29, 1.82) is 0 Å². The molecule has 0 N–H and O–H groups in total. The number of para-hydroxylation sites is 5. The van der Waals surface area contributed by atoms with E-state index in [1.54, 1.807) is 0 Å². The van der Waals surface area contributed by atoms with E-state index in [0.29, 0.717) is 0 Å². The molecular formula is C74H45NO2S. The summed E-state index contributed by atoms with van der Waals surface area (Å²) in [5.74, 6) is 3.54. The number of hydrogen-bond donors (Lipinski definition) is 0. The zero-order valence-electron chi connectivity index (χ0n) is 42.2. The first-order valence-corrected chi connectivity index (χ1v) is 27.6. The topological polar surface area (TPSA) is 21.7 Å². The van der Waals surface area contributed by atoms with Gasteiger partial charge >= 0.3 is 0 Å². The van der Waals surface area contributed by atoms with Gasteiger partial charge in [0, 0.05) is 59.2 Å². The fourth-order valence-corrected chi connectivity index (χ4v) is 15.3. The van der Waals surface area contributed by atoms with Crippen LogP contribution in [0.25, 0.3) is 64.7 Å². The second-order valence-corrected chi connectivity index (χ2v) is 22.0. The molecule has 4 aliphatic rings. The van der Waals surface area contributed by atoms with Crippen LogP contribution in [-0.2, 0) is 10.8 Å². The van der Waals surface area contributed by atoms with Gasteiger partial charge in [-0.25, -0.2) is 0 Å². The maximum Gasteiger partial charge on any atom is 0.132 e. The Morgan fingerprint density at radius 1 is 0.282 bits per heavy atom. The summed E-state index contributed by atoms with van der Waals surface area (Å²) < 4.78 is 16.1. The van der Waals surface area contributed by atoms with Gasteiger partial charge in [0.1, 0.15) is 23.0 Å². The number of anilines is 3. The predicted octanol–water partition coefficient (Wildman–Crippen LogP) is 19.8. The molecule has 1 aromatic heterocycles. The van der Waals surface area contributed by atoms with Crippen molar-refractivity contribution in [3.63, 3.8) is 0 Å². The number of nitrogens with zero attached hydrogens (tertiary/aromatic N) is 1. The molecule has 0 amide bonds. The fourth-order valence-electron chi connectivity index (χ4n) is 14.1. The van der Waals surface area contributed by atoms with E-state index in [4.69, 9.17) is 9.47 Å². The second kappa shape index (κ2) is 16.4. The van der Waals surface area contributed by atoms with Crippen LogP contribution in [0.15, 0.2) is 273 Å². The Morgan fingerprint density at radius 3 is 1.41 bits per heavy atom. The van der Waals surface area contributed by atoms with Gasteiger partial charge in [0.25, 0.3) is 0 Å². The van der Waals surface area contributed by atoms with Gasteiger partial charge in [-0.3, -0.25) is 0 Å². The van der Waals surface area contributed by atoms with Gasteiger partial charge in [0.05, 0.1) is 22.2 Å². The van der Waals surface area contributed by atoms with Crippen LogP contribution in [-0.4, -0.2) is 0 Å². The highest BCUT2D eigenvalue weighted by molar-refractivity contribution is 7.25. The van der Waals surface area contributed by atoms with Gasteiger partial charge in [-0.1, -0.05) is 206 Å². The summed E-state index contributed by atoms with van der Waals surface area (Å²) in [6, 6.07) is 101. The first-order chi connectivity index (χ1) is 38.7. The molecule has 0 atom stereocenters. The molecule has 13 aromatic rings. The van der Waals surface area contributed by atoms with Gasteiger partial charge in [-0.2, -0.15) is 0 Å². The summed E-state index contributed by atoms with van der Waals surface area (Å²) in [6.45, 7) is 0. The van der Waals surface area contributed by atoms with Crippen molar-refractivity contribution < 1.29 is 9.47 Å². The number of hydrogen-bond acceptors (Lipinski definition) is 4. The zero-order chi connectivity index (χ0) is 51.1. The van der Waals surface area contributed by atoms with Crippen LogP contribution < -0.4 is 14.4 Å². The van der Waals surface area contributed by atoms with E-state index in [9.17, 15) is 0 Å². The van der Waals surface area contributed by atoms with Crippen molar-refractivity contribution >= 4 is 48.6 Å². The minimum Gasteiger partial charge on any atom is -0.457 e. The van der Waals surface area contributed by atoms with E-state index in [2.05, 4.69) is 278 Å². The molecule has 0 bridgehead atoms. The van der Waals surface area contributed by atoms with Gasteiger partial charge in [0.15, 0.2) is 0 Å². The molecule has 78 heavy (non-hydrogen) atoms. The van der Waals surface area contributed by atoms with Crippen molar-refractivity contribution in [3.8, 4) is 67.5 Å². The van der Waals surface area contributed by atoms with Crippen molar-refractivity contribution in [1.82, 2.24) is 0 Å². The SMILES string of the molecule is c1ccc2c(c1)Oc1ccccc1C21c2ccccc2-c2cc(-c3ccccc3N(c3ccc(-c4ccc5c(c4)sc4ccccc45)cc3)c3cccc4c3-c3ccccc3C43c4ccccc4Oc4ccccc43)ccc21. The van der Waals surface area contributed by atoms with Crippen LogP contribution in [0, 0.1) is 0 Å². The lowest BCUT2D eigenvalue weighted by molar-refractivity contribution is 0.436. The lowest BCUT2D eigenvalue weighted by Crippen LogP contribution is -2.32. The normalized spacial score (nSPS) is 14.1. The molecule has 3 nitrogen and oxygen atoms in total. The van der Waals surface area contributed by atoms with Gasteiger partial charge in [-0.05, 0) is 122 Å². The van der Waals surface area contributed by atoms with E-state index < -0.39 is 10.8 Å². The number of rotatable bonds is 5. The number of thiophene rings is 1. The Hall–Kier alpha value is -9.74. The molecule has 2 aliphatic carbocycles. The largest absolute Gasteiger partial charge is 0.457 e. The molecule has 2 spiro atoms. The summed E-state index contributed by atoms with van der Waals surface area (Å²) in [6.07, 6.45) is 0. The maximum absolute atomic E-state index is 6.77. The third-order valence-corrected chi connectivity index (χ3v) is 18.4. The highest BCUT2D eigenvalue weighted by atomic mass is 32.1. The van der Waals surface area contributed by atoms with Crippen LogP contribution in [0.4, 0.5) is 17.1 Å². The first kappa shape index (κ1) is 43.5. The molecule has 0 saturated carbocycles. The fraction of sp³-hybridized carbons (Fsp3) is 0.0270. The summed E-state index contributed by atoms with van der Waals surface area (Å²) in [7, 11) is 0. The van der Waals surface area contributed by atoms with Crippen LogP contribution in [0.3, 0.4) is 0 Å². The zero-order valence-corrected chi connectivity index (χ0v) is 43.0. The second-order valence-electron chi connectivity index (χ2n) is 20.9. The number of benzene rings is 12. The highest BCUT2D eigenvalue weighted by Crippen LogP contribution is 2.66. The average molecular weight is 1010 g/mol. The molecule has 17 rings (SSSR count). The molecule has 12 aromatic carbocycles. The van der Waals surface area contributed by atoms with Crippen LogP contribution in [0.5, 0.6) is 23.0 Å². The maximum atomic E-state index is 6.77. The third kappa shape index (κ3) is 5.82. The lowest BCUT2D eigenvalue weighted by atomic mass is 9.66. The number of ether oxygens (including phenoxy) is 2. The molecule has 0 saturated heterocycles. The molecule has 0 fully saturated rings. The molecule has 0 unspecified atom stereocenters. The van der Waals surface area contributed by atoms with Gasteiger partial charge in [0.2, 0.25) is 0 Å². The van der Waals surface area contributed by atoms with Crippen molar-refractivity contribution in [2.24, 2.45) is 0 Å². The Bertz CT molecular complexity index is 4570. The smallest absolute Gasteiger partial charge is 0.132 e. The number of fused-ring (bicyclic) bond motifs is 21. The summed E-state index contributed by atoms with van der Waals surface area (Å²) >= 11 is 1.86. The molecule has 2 aliphatic heterocycles. The van der Waals surface area contributed by atoms with Crippen molar-refractivity contribution in [2.75, 3.05) is 4.90 Å². The minimum atomic E-state index is -0.627. The van der Waals surface area contributed by atoms with Crippen molar-refractivity contribution in [3.05, 3.63) is 317 Å². The van der Waals surface area contributed by atoms with Gasteiger partial charge < -0.3 is 14.4 Å². The van der Waals surface area contributed by atoms with E-state index in [1.807, 2.05) is 11.3 Å². The third-order valence-electron chi connectivity index (χ3n) is 17.2. The van der Waals surface area contributed by atoms with Crippen LogP contribution in [0.1, 0.15) is 44.5 Å². The quantitative estimate of drug-likeness (QED) is 0.171. The molecule has 364 valence electrons. The highest BCUT2D eigenvalue weighted by Gasteiger charge is 2.53. The van der Waals surface area contributed by atoms with Crippen molar-refractivity contribution in [2.45, 2.75) is 10.8 Å². The molecule has 3 heterocycles. The summed E-state index contributed by atoms with van der Waals surface area (Å²) in [5.41, 5.74) is 21.2. The Labute approximate surface area is 456 Å². The Kier molecular flexibility index (Phi) is 9.14. The molecule has 0 radical (unpaired) electrons. The molecule has 4 heteroatoms. The van der Waals surface area contributed by atoms with E-state index >= 15 is 0 Å². The van der Waals surface area contributed by atoms with Crippen LogP contribution in [0.2, 0.25) is 0 Å². The predicted molar refractivity (Wildman–Crippen MR) is 320 cm³/mol. The standard InChI is InChI=1S/C74H45NO2S/c1-5-22-56-51(19-1)55-44-48(39-43-58(55)73(56)59-24-7-12-31-66(59)76-67-32-13-8-25-60(67)73)50-18-3-11-29-64(50)75(49-40-36-46(37-41-49)47-38-42-53-52-20-4-16-35-70(52)78-71(53)45-47)65-30-17-28-63-72(65)54-21-2-6-23-57(54)74(63)61-26-9-14-33-68(61)77-69-34-15-10-27-62(69)74/h1-45H. The van der Waals surface area contributed by atoms with E-state index in [-0.39, 0.29) is 0 Å². The summed E-state index contributed by atoms with van der Waals surface area (Å²) in [5, 5.41) is 2.61. The Balaban J connectivity index is 0.894. The first-order valence-electron chi connectivity index (χ1n) is 26.8. The van der Waals surface area contributed by atoms with Gasteiger partial charge in [-0.15, -0.1) is 11.3 Å². The lowest BCUT2D eigenvalue weighted by Gasteiger charge is -2.39. The monoisotopic (exact) mass is 1010 g/mol. The Morgan fingerprint density at radius 2 is 0.744 bits per heavy atom. The van der Waals surface area contributed by atoms with E-state index in [0.717, 1.165) is 73.4 Å². The average Bonchev–Trinajstić information content (AvgIpc) is 4.08. The summed E-state index contributed by atoms with van der Waals surface area (Å²) in [4.78, 5) is 2.52. The van der Waals surface area contributed by atoms with Crippen LogP contribution >= 0.6 is 11.3 Å². The van der Waals surface area contributed by atoms with E-state index in [1.165, 1.54) is 75.8 Å². The molecular weight excluding hydrogens is 967 g/mol.